The minimum absolute atomic E-state index is 0.199. The number of hydrogen-bond acceptors (Lipinski definition) is 5. The minimum atomic E-state index is -0.581. The van der Waals surface area contributed by atoms with E-state index in [4.69, 9.17) is 4.74 Å². The number of rotatable bonds is 7. The van der Waals surface area contributed by atoms with Crippen LogP contribution in [0.3, 0.4) is 0 Å². The Morgan fingerprint density at radius 3 is 2.44 bits per heavy atom. The van der Waals surface area contributed by atoms with Gasteiger partial charge in [-0.3, -0.25) is 14.5 Å². The highest BCUT2D eigenvalue weighted by atomic mass is 32.1. The van der Waals surface area contributed by atoms with E-state index in [0.717, 1.165) is 16.4 Å². The second kappa shape index (κ2) is 9.74. The second-order valence-corrected chi connectivity index (χ2v) is 8.13. The van der Waals surface area contributed by atoms with Crippen LogP contribution in [0.5, 0.6) is 0 Å². The zero-order valence-corrected chi connectivity index (χ0v) is 18.6. The SMILES string of the molecule is CCOC(=O)CC(=O)CN(C(=O)N1CC[n+]2c(-c3ccccc3)csc21)c1ccccc1. The van der Waals surface area contributed by atoms with Gasteiger partial charge in [0.1, 0.15) is 25.2 Å². The molecule has 8 heteroatoms. The number of urea groups is 1. The van der Waals surface area contributed by atoms with Gasteiger partial charge < -0.3 is 4.74 Å². The number of thiazole rings is 1. The number of benzene rings is 2. The van der Waals surface area contributed by atoms with Gasteiger partial charge in [0.2, 0.25) is 0 Å². The third-order valence-electron chi connectivity index (χ3n) is 5.16. The Bertz CT molecular complexity index is 1110. The number of carbonyl (C=O) groups excluding carboxylic acids is 3. The van der Waals surface area contributed by atoms with Gasteiger partial charge in [0.15, 0.2) is 5.78 Å². The van der Waals surface area contributed by atoms with Crippen LogP contribution >= 0.6 is 11.3 Å². The molecule has 1 aliphatic rings. The van der Waals surface area contributed by atoms with Gasteiger partial charge in [0.05, 0.1) is 13.2 Å². The van der Waals surface area contributed by atoms with E-state index in [9.17, 15) is 14.4 Å². The van der Waals surface area contributed by atoms with Crippen LogP contribution < -0.4 is 14.4 Å². The van der Waals surface area contributed by atoms with Gasteiger partial charge in [-0.05, 0) is 19.1 Å². The molecule has 0 saturated carbocycles. The molecule has 2 heterocycles. The fourth-order valence-corrected chi connectivity index (χ4v) is 4.79. The molecule has 1 aliphatic heterocycles. The molecule has 7 nitrogen and oxygen atoms in total. The zero-order valence-electron chi connectivity index (χ0n) is 17.8. The van der Waals surface area contributed by atoms with Gasteiger partial charge >= 0.3 is 17.1 Å². The zero-order chi connectivity index (χ0) is 22.5. The fourth-order valence-electron chi connectivity index (χ4n) is 3.70. The summed E-state index contributed by atoms with van der Waals surface area (Å²) >= 11 is 1.50. The normalized spacial score (nSPS) is 12.3. The highest BCUT2D eigenvalue weighted by Crippen LogP contribution is 2.30. The molecule has 0 aliphatic carbocycles. The largest absolute Gasteiger partial charge is 0.466 e. The number of Topliss-reactive ketones (excluding diaryl/α,β-unsaturated/α-hetero) is 1. The molecular formula is C24H24N3O4S+. The Morgan fingerprint density at radius 1 is 1.06 bits per heavy atom. The second-order valence-electron chi connectivity index (χ2n) is 7.30. The standard InChI is InChI=1S/C24H24N3O4S/c1-2-31-22(29)15-20(28)16-27(19-11-7-4-8-12-19)23(30)26-14-13-25-21(17-32-24(25)26)18-9-5-3-6-10-18/h3-12,17H,2,13-16H2,1H3/q+1. The Labute approximate surface area is 190 Å². The molecule has 3 aromatic rings. The van der Waals surface area contributed by atoms with Gasteiger partial charge in [-0.2, -0.15) is 4.90 Å². The van der Waals surface area contributed by atoms with Crippen LogP contribution in [-0.4, -0.2) is 37.5 Å². The summed E-state index contributed by atoms with van der Waals surface area (Å²) in [6.07, 6.45) is -0.360. The van der Waals surface area contributed by atoms with Crippen LogP contribution in [-0.2, 0) is 20.9 Å². The number of ketones is 1. The highest BCUT2D eigenvalue weighted by Gasteiger charge is 2.41. The van der Waals surface area contributed by atoms with Crippen LogP contribution in [0.25, 0.3) is 11.3 Å². The molecule has 0 N–H and O–H groups in total. The molecule has 2 aromatic carbocycles. The first-order valence-corrected chi connectivity index (χ1v) is 11.3. The summed E-state index contributed by atoms with van der Waals surface area (Å²) < 4.78 is 7.00. The molecule has 1 aromatic heterocycles. The lowest BCUT2D eigenvalue weighted by molar-refractivity contribution is -0.655. The molecule has 0 unspecified atom stereocenters. The lowest BCUT2D eigenvalue weighted by atomic mass is 10.2. The lowest BCUT2D eigenvalue weighted by Gasteiger charge is -2.22. The van der Waals surface area contributed by atoms with Crippen molar-refractivity contribution < 1.29 is 23.7 Å². The van der Waals surface area contributed by atoms with Crippen LogP contribution in [0, 0.1) is 0 Å². The molecule has 0 bridgehead atoms. The van der Waals surface area contributed by atoms with Crippen molar-refractivity contribution in [2.24, 2.45) is 0 Å². The Balaban J connectivity index is 1.58. The fraction of sp³-hybridized carbons (Fsp3) is 0.250. The van der Waals surface area contributed by atoms with E-state index in [2.05, 4.69) is 4.57 Å². The number of hydrogen-bond donors (Lipinski definition) is 0. The van der Waals surface area contributed by atoms with Crippen LogP contribution in [0.4, 0.5) is 15.6 Å². The van der Waals surface area contributed by atoms with Gasteiger partial charge in [-0.25, -0.2) is 9.36 Å². The molecule has 0 radical (unpaired) electrons. The van der Waals surface area contributed by atoms with Crippen molar-refractivity contribution in [2.75, 3.05) is 29.5 Å². The van der Waals surface area contributed by atoms with E-state index in [1.807, 2.05) is 53.9 Å². The van der Waals surface area contributed by atoms with Crippen molar-refractivity contribution in [3.05, 3.63) is 66.0 Å². The molecule has 0 fully saturated rings. The van der Waals surface area contributed by atoms with Gasteiger partial charge in [0.25, 0.3) is 0 Å². The monoisotopic (exact) mass is 450 g/mol. The maximum Gasteiger partial charge on any atom is 0.417 e. The molecule has 4 rings (SSSR count). The van der Waals surface area contributed by atoms with Crippen molar-refractivity contribution in [3.8, 4) is 11.3 Å². The molecule has 0 atom stereocenters. The number of nitrogens with zero attached hydrogens (tertiary/aromatic N) is 3. The smallest absolute Gasteiger partial charge is 0.417 e. The summed E-state index contributed by atoms with van der Waals surface area (Å²) in [5.74, 6) is -0.952. The molecule has 0 saturated heterocycles. The number of fused-ring (bicyclic) bond motifs is 1. The molecular weight excluding hydrogens is 426 g/mol. The molecule has 32 heavy (non-hydrogen) atoms. The van der Waals surface area contributed by atoms with E-state index in [1.165, 1.54) is 16.2 Å². The third kappa shape index (κ3) is 4.55. The van der Waals surface area contributed by atoms with Crippen LogP contribution in [0.1, 0.15) is 13.3 Å². The topological polar surface area (TPSA) is 70.8 Å². The number of anilines is 2. The third-order valence-corrected chi connectivity index (χ3v) is 6.15. The van der Waals surface area contributed by atoms with E-state index < -0.39 is 5.97 Å². The number of ether oxygens (including phenoxy) is 1. The van der Waals surface area contributed by atoms with Crippen molar-refractivity contribution in [1.82, 2.24) is 0 Å². The Hall–Kier alpha value is -3.52. The maximum atomic E-state index is 13.6. The average Bonchev–Trinajstić information content (AvgIpc) is 3.41. The number of aromatic nitrogens is 1. The number of carbonyl (C=O) groups is 3. The first kappa shape index (κ1) is 21.7. The van der Waals surface area contributed by atoms with E-state index >= 15 is 0 Å². The predicted octanol–water partition coefficient (Wildman–Crippen LogP) is 3.67. The summed E-state index contributed by atoms with van der Waals surface area (Å²) in [5, 5.41) is 2.87. The summed E-state index contributed by atoms with van der Waals surface area (Å²) in [6, 6.07) is 18.8. The van der Waals surface area contributed by atoms with E-state index in [-0.39, 0.29) is 31.4 Å². The highest BCUT2D eigenvalue weighted by molar-refractivity contribution is 7.13. The maximum absolute atomic E-state index is 13.6. The van der Waals surface area contributed by atoms with Gasteiger partial charge in [0, 0.05) is 16.6 Å². The minimum Gasteiger partial charge on any atom is -0.466 e. The molecule has 164 valence electrons. The van der Waals surface area contributed by atoms with Crippen LogP contribution in [0.15, 0.2) is 66.0 Å². The quantitative estimate of drug-likeness (QED) is 0.313. The van der Waals surface area contributed by atoms with Crippen molar-refractivity contribution in [1.29, 1.82) is 0 Å². The van der Waals surface area contributed by atoms with Crippen LogP contribution in [0.2, 0.25) is 0 Å². The number of esters is 1. The first-order chi connectivity index (χ1) is 15.6. The first-order valence-electron chi connectivity index (χ1n) is 10.5. The Morgan fingerprint density at radius 2 is 1.75 bits per heavy atom. The van der Waals surface area contributed by atoms with Crippen molar-refractivity contribution in [3.63, 3.8) is 0 Å². The number of para-hydroxylation sites is 1. The lowest BCUT2D eigenvalue weighted by Crippen LogP contribution is -2.45. The van der Waals surface area contributed by atoms with E-state index in [1.54, 1.807) is 24.0 Å². The molecule has 0 spiro atoms. The van der Waals surface area contributed by atoms with Gasteiger partial charge in [-0.1, -0.05) is 59.9 Å². The van der Waals surface area contributed by atoms with Crippen molar-refractivity contribution in [2.45, 2.75) is 19.9 Å². The van der Waals surface area contributed by atoms with Gasteiger partial charge in [-0.15, -0.1) is 0 Å². The predicted molar refractivity (Wildman–Crippen MR) is 123 cm³/mol. The summed E-state index contributed by atoms with van der Waals surface area (Å²) in [6.45, 7) is 2.89. The summed E-state index contributed by atoms with van der Waals surface area (Å²) in [4.78, 5) is 41.0. The molecule has 2 amide bonds. The number of amides is 2. The Kier molecular flexibility index (Phi) is 6.61. The summed E-state index contributed by atoms with van der Waals surface area (Å²) in [7, 11) is 0. The van der Waals surface area contributed by atoms with Crippen molar-refractivity contribution >= 4 is 39.9 Å². The average molecular weight is 451 g/mol. The summed E-state index contributed by atoms with van der Waals surface area (Å²) in [5.41, 5.74) is 2.76. The van der Waals surface area contributed by atoms with E-state index in [0.29, 0.717) is 18.8 Å².